The fourth-order valence-corrected chi connectivity index (χ4v) is 1.57. The molecule has 1 atom stereocenters. The third-order valence-corrected chi connectivity index (χ3v) is 2.50. The van der Waals surface area contributed by atoms with E-state index in [9.17, 15) is 13.2 Å². The summed E-state index contributed by atoms with van der Waals surface area (Å²) in [4.78, 5) is 3.81. The summed E-state index contributed by atoms with van der Waals surface area (Å²) in [5.41, 5.74) is 0.201. The highest BCUT2D eigenvalue weighted by molar-refractivity contribution is 6.29. The fraction of sp³-hybridized carbons (Fsp3) is 0.333. The third-order valence-electron chi connectivity index (χ3n) is 2.32. The first-order valence-corrected chi connectivity index (χ1v) is 4.84. The lowest BCUT2D eigenvalue weighted by molar-refractivity contribution is -0.146. The van der Waals surface area contributed by atoms with Gasteiger partial charge in [0, 0.05) is 11.8 Å². The van der Waals surface area contributed by atoms with E-state index in [-0.39, 0.29) is 16.4 Å². The van der Waals surface area contributed by atoms with E-state index in [0.717, 1.165) is 6.92 Å². The average molecular weight is 250 g/mol. The molecule has 0 fully saturated rings. The monoisotopic (exact) mass is 249 g/mol. The number of rotatable bonds is 1. The molecule has 3 nitrogen and oxygen atoms in total. The number of hydrogen-bond donors (Lipinski definition) is 0. The van der Waals surface area contributed by atoms with Crippen LogP contribution in [0.4, 0.5) is 13.2 Å². The molecule has 2 heterocycles. The van der Waals surface area contributed by atoms with Crippen LogP contribution in [-0.4, -0.2) is 20.8 Å². The van der Waals surface area contributed by atoms with E-state index in [1.165, 1.54) is 23.0 Å². The molecule has 0 amide bonds. The molecule has 2 aromatic heterocycles. The Kier molecular flexibility index (Phi) is 2.53. The van der Waals surface area contributed by atoms with Gasteiger partial charge >= 0.3 is 6.18 Å². The van der Waals surface area contributed by atoms with Gasteiger partial charge in [-0.15, -0.1) is 0 Å². The highest BCUT2D eigenvalue weighted by Gasteiger charge is 2.38. The summed E-state index contributed by atoms with van der Waals surface area (Å²) in [7, 11) is 0. The van der Waals surface area contributed by atoms with Crippen LogP contribution < -0.4 is 0 Å². The minimum absolute atomic E-state index is 0.0643. The molecule has 0 N–H and O–H groups in total. The Morgan fingerprint density at radius 3 is 2.75 bits per heavy atom. The molecule has 0 saturated heterocycles. The number of hydrogen-bond acceptors (Lipinski definition) is 2. The Bertz CT molecular complexity index is 520. The van der Waals surface area contributed by atoms with E-state index in [1.54, 1.807) is 0 Å². The first-order valence-electron chi connectivity index (χ1n) is 4.46. The molecule has 86 valence electrons. The highest BCUT2D eigenvalue weighted by atomic mass is 35.5. The molecule has 2 aromatic rings. The van der Waals surface area contributed by atoms with Crippen LogP contribution in [0.25, 0.3) is 5.65 Å². The lowest BCUT2D eigenvalue weighted by Gasteiger charge is -2.15. The van der Waals surface area contributed by atoms with Gasteiger partial charge in [-0.25, -0.2) is 9.50 Å². The van der Waals surface area contributed by atoms with Crippen molar-refractivity contribution in [3.8, 4) is 0 Å². The van der Waals surface area contributed by atoms with E-state index in [0.29, 0.717) is 0 Å². The first-order chi connectivity index (χ1) is 7.39. The Morgan fingerprint density at radius 1 is 1.44 bits per heavy atom. The van der Waals surface area contributed by atoms with Crippen molar-refractivity contribution in [1.82, 2.24) is 14.6 Å². The smallest absolute Gasteiger partial charge is 0.219 e. The molecular formula is C9H7ClF3N3. The zero-order chi connectivity index (χ0) is 11.9. The fourth-order valence-electron chi connectivity index (χ4n) is 1.40. The van der Waals surface area contributed by atoms with Gasteiger partial charge < -0.3 is 0 Å². The standard InChI is InChI=1S/C9H7ClF3N3/c1-5(9(11,12)13)6-2-3-14-16-4-7(10)15-8(6)16/h2-5H,1H3. The zero-order valence-corrected chi connectivity index (χ0v) is 8.92. The molecule has 16 heavy (non-hydrogen) atoms. The van der Waals surface area contributed by atoms with Crippen molar-refractivity contribution in [2.45, 2.75) is 19.0 Å². The molecule has 0 radical (unpaired) electrons. The van der Waals surface area contributed by atoms with Gasteiger partial charge in [-0.05, 0) is 13.0 Å². The second-order valence-electron chi connectivity index (χ2n) is 3.38. The molecule has 0 aliphatic carbocycles. The van der Waals surface area contributed by atoms with Crippen LogP contribution in [0.15, 0.2) is 18.5 Å². The molecule has 7 heteroatoms. The summed E-state index contributed by atoms with van der Waals surface area (Å²) in [5.74, 6) is -1.60. The van der Waals surface area contributed by atoms with Crippen molar-refractivity contribution in [2.75, 3.05) is 0 Å². The molecule has 0 aliphatic heterocycles. The Morgan fingerprint density at radius 2 is 2.12 bits per heavy atom. The van der Waals surface area contributed by atoms with Crippen molar-refractivity contribution >= 4 is 17.2 Å². The molecule has 2 rings (SSSR count). The second-order valence-corrected chi connectivity index (χ2v) is 3.77. The molecule has 0 bridgehead atoms. The predicted octanol–water partition coefficient (Wildman–Crippen LogP) is 3.05. The van der Waals surface area contributed by atoms with Gasteiger partial charge in [0.15, 0.2) is 5.65 Å². The van der Waals surface area contributed by atoms with E-state index >= 15 is 0 Å². The topological polar surface area (TPSA) is 30.2 Å². The van der Waals surface area contributed by atoms with Crippen molar-refractivity contribution in [2.24, 2.45) is 0 Å². The number of aromatic nitrogens is 3. The molecular weight excluding hydrogens is 243 g/mol. The van der Waals surface area contributed by atoms with E-state index < -0.39 is 12.1 Å². The predicted molar refractivity (Wildman–Crippen MR) is 52.5 cm³/mol. The number of fused-ring (bicyclic) bond motifs is 1. The van der Waals surface area contributed by atoms with Gasteiger partial charge in [0.05, 0.1) is 12.1 Å². The number of nitrogens with zero attached hydrogens (tertiary/aromatic N) is 3. The summed E-state index contributed by atoms with van der Waals surface area (Å²) in [5, 5.41) is 3.95. The quantitative estimate of drug-likeness (QED) is 0.778. The van der Waals surface area contributed by atoms with Crippen LogP contribution >= 0.6 is 11.6 Å². The Balaban J connectivity index is 2.60. The normalized spacial score (nSPS) is 14.3. The lowest BCUT2D eigenvalue weighted by Crippen LogP contribution is -2.18. The van der Waals surface area contributed by atoms with Crippen molar-refractivity contribution in [3.05, 3.63) is 29.2 Å². The minimum Gasteiger partial charge on any atom is -0.219 e. The molecule has 0 aromatic carbocycles. The van der Waals surface area contributed by atoms with Gasteiger partial charge in [-0.3, -0.25) is 0 Å². The molecule has 0 saturated carbocycles. The van der Waals surface area contributed by atoms with E-state index in [1.807, 2.05) is 0 Å². The molecule has 0 spiro atoms. The largest absolute Gasteiger partial charge is 0.395 e. The number of halogens is 4. The number of imidazole rings is 1. The highest BCUT2D eigenvalue weighted by Crippen LogP contribution is 2.35. The van der Waals surface area contributed by atoms with Crippen LogP contribution in [0.1, 0.15) is 18.4 Å². The minimum atomic E-state index is -4.31. The third kappa shape index (κ3) is 1.84. The van der Waals surface area contributed by atoms with Gasteiger partial charge in [0.25, 0.3) is 0 Å². The summed E-state index contributed by atoms with van der Waals surface area (Å²) in [6, 6.07) is 1.30. The van der Waals surface area contributed by atoms with Crippen LogP contribution in [-0.2, 0) is 0 Å². The van der Waals surface area contributed by atoms with Crippen LogP contribution in [0.5, 0.6) is 0 Å². The summed E-state index contributed by atoms with van der Waals surface area (Å²) in [6.07, 6.45) is -1.65. The SMILES string of the molecule is CC(c1ccnn2cc(Cl)nc12)C(F)(F)F. The summed E-state index contributed by atoms with van der Waals surface area (Å²) >= 11 is 5.62. The maximum Gasteiger partial charge on any atom is 0.395 e. The van der Waals surface area contributed by atoms with Crippen molar-refractivity contribution < 1.29 is 13.2 Å². The van der Waals surface area contributed by atoms with Crippen LogP contribution in [0.2, 0.25) is 5.15 Å². The lowest BCUT2D eigenvalue weighted by atomic mass is 10.0. The van der Waals surface area contributed by atoms with Crippen molar-refractivity contribution in [1.29, 1.82) is 0 Å². The number of alkyl halides is 3. The summed E-state index contributed by atoms with van der Waals surface area (Å²) < 4.78 is 39.0. The Labute approximate surface area is 93.9 Å². The van der Waals surface area contributed by atoms with E-state index in [4.69, 9.17) is 11.6 Å². The first kappa shape index (κ1) is 11.2. The summed E-state index contributed by atoms with van der Waals surface area (Å²) in [6.45, 7) is 1.08. The van der Waals surface area contributed by atoms with Crippen LogP contribution in [0, 0.1) is 0 Å². The van der Waals surface area contributed by atoms with Gasteiger partial charge in [0.1, 0.15) is 5.15 Å². The molecule has 1 unspecified atom stereocenters. The van der Waals surface area contributed by atoms with Gasteiger partial charge in [0.2, 0.25) is 0 Å². The average Bonchev–Trinajstić information content (AvgIpc) is 2.54. The second kappa shape index (κ2) is 3.62. The van der Waals surface area contributed by atoms with Gasteiger partial charge in [-0.1, -0.05) is 11.6 Å². The van der Waals surface area contributed by atoms with E-state index in [2.05, 4.69) is 10.1 Å². The maximum absolute atomic E-state index is 12.6. The maximum atomic E-state index is 12.6. The molecule has 0 aliphatic rings. The van der Waals surface area contributed by atoms with Crippen LogP contribution in [0.3, 0.4) is 0 Å². The van der Waals surface area contributed by atoms with Gasteiger partial charge in [-0.2, -0.15) is 18.3 Å². The zero-order valence-electron chi connectivity index (χ0n) is 8.16. The Hall–Kier alpha value is -1.30. The van der Waals surface area contributed by atoms with Crippen molar-refractivity contribution in [3.63, 3.8) is 0 Å².